The summed E-state index contributed by atoms with van der Waals surface area (Å²) in [6.07, 6.45) is 2.49. The molecule has 6 heteroatoms. The fourth-order valence-electron chi connectivity index (χ4n) is 0.756. The Hall–Kier alpha value is -0.840. The maximum Gasteiger partial charge on any atom is 0.213 e. The van der Waals surface area contributed by atoms with Gasteiger partial charge in [0.15, 0.2) is 0 Å². The van der Waals surface area contributed by atoms with Crippen molar-refractivity contribution in [2.24, 2.45) is 0 Å². The zero-order valence-electron chi connectivity index (χ0n) is 6.62. The highest BCUT2D eigenvalue weighted by molar-refractivity contribution is 6.39. The summed E-state index contributed by atoms with van der Waals surface area (Å²) < 4.78 is 0. The van der Waals surface area contributed by atoms with Crippen molar-refractivity contribution in [3.05, 3.63) is 27.6 Å². The lowest BCUT2D eigenvalue weighted by Crippen LogP contribution is -2.21. The molecule has 0 aliphatic carbocycles. The van der Waals surface area contributed by atoms with Crippen LogP contribution in [-0.4, -0.2) is 10.9 Å². The van der Waals surface area contributed by atoms with Crippen LogP contribution < -0.4 is 5.06 Å². The summed E-state index contributed by atoms with van der Waals surface area (Å²) in [4.78, 5) is 14.4. The predicted octanol–water partition coefficient (Wildman–Crippen LogP) is 2.24. The van der Waals surface area contributed by atoms with E-state index in [1.807, 2.05) is 0 Å². The molecular weight excluding hydrogens is 215 g/mol. The highest BCUT2D eigenvalue weighted by Crippen LogP contribution is 2.31. The fourth-order valence-corrected chi connectivity index (χ4v) is 1.27. The first kappa shape index (κ1) is 10.2. The molecule has 0 unspecified atom stereocenters. The smallest absolute Gasteiger partial charge is 0.213 e. The Morgan fingerprint density at radius 2 is 1.92 bits per heavy atom. The van der Waals surface area contributed by atoms with Gasteiger partial charge in [-0.05, 0) is 0 Å². The minimum atomic E-state index is -0.685. The highest BCUT2D eigenvalue weighted by Gasteiger charge is 2.09. The first-order valence-corrected chi connectivity index (χ1v) is 4.06. The number of aromatic nitrogens is 1. The molecule has 0 aliphatic heterocycles. The summed E-state index contributed by atoms with van der Waals surface area (Å²) in [6.45, 7) is 1.13. The number of anilines is 1. The molecule has 13 heavy (non-hydrogen) atoms. The Morgan fingerprint density at radius 3 is 2.31 bits per heavy atom. The maximum atomic E-state index is 11.2. The number of pyridine rings is 1. The number of halogens is 2. The van der Waals surface area contributed by atoms with Crippen LogP contribution in [0.5, 0.6) is 0 Å². The molecule has 0 radical (unpaired) electrons. The van der Waals surface area contributed by atoms with Crippen molar-refractivity contribution in [2.45, 2.75) is 6.92 Å². The number of hydroxylamine groups is 1. The Morgan fingerprint density at radius 1 is 1.46 bits per heavy atom. The SMILES string of the molecule is CC(=O)N([O-])c1c(Cl)cncc1Cl. The van der Waals surface area contributed by atoms with Crippen LogP contribution in [-0.2, 0) is 4.79 Å². The lowest BCUT2D eigenvalue weighted by atomic mass is 10.4. The molecule has 1 aromatic heterocycles. The number of nitrogens with zero attached hydrogens (tertiary/aromatic N) is 2. The van der Waals surface area contributed by atoms with E-state index in [2.05, 4.69) is 4.98 Å². The summed E-state index contributed by atoms with van der Waals surface area (Å²) in [5.41, 5.74) is -0.0640. The molecule has 0 saturated carbocycles. The van der Waals surface area contributed by atoms with Gasteiger partial charge in [-0.3, -0.25) is 9.78 Å². The van der Waals surface area contributed by atoms with E-state index in [-0.39, 0.29) is 20.8 Å². The zero-order valence-corrected chi connectivity index (χ0v) is 8.13. The maximum absolute atomic E-state index is 11.2. The molecule has 0 spiro atoms. The van der Waals surface area contributed by atoms with E-state index in [0.29, 0.717) is 0 Å². The topological polar surface area (TPSA) is 56.3 Å². The standard InChI is InChI=1S/C7H5Cl2N2O2/c1-4(12)11(13)7-5(8)2-10-3-6(7)9/h2-3H,1H3/q-1. The summed E-state index contributed by atoms with van der Waals surface area (Å²) in [5.74, 6) is -0.685. The molecule has 1 amide bonds. The van der Waals surface area contributed by atoms with Crippen molar-refractivity contribution in [1.29, 1.82) is 0 Å². The number of carbonyl (C=O) groups excluding carboxylic acids is 1. The van der Waals surface area contributed by atoms with Gasteiger partial charge in [0.2, 0.25) is 5.91 Å². The number of amides is 1. The van der Waals surface area contributed by atoms with Gasteiger partial charge in [-0.1, -0.05) is 23.2 Å². The summed E-state index contributed by atoms with van der Waals surface area (Å²) in [6, 6.07) is 0. The largest absolute Gasteiger partial charge is 0.752 e. The van der Waals surface area contributed by atoms with Crippen molar-refractivity contribution in [1.82, 2.24) is 4.98 Å². The Bertz CT molecular complexity index is 323. The number of rotatable bonds is 1. The lowest BCUT2D eigenvalue weighted by Gasteiger charge is -2.28. The average Bonchev–Trinajstić information content (AvgIpc) is 2.03. The molecule has 0 bridgehead atoms. The number of carbonyl (C=O) groups is 1. The van der Waals surface area contributed by atoms with E-state index >= 15 is 0 Å². The van der Waals surface area contributed by atoms with E-state index < -0.39 is 5.91 Å². The van der Waals surface area contributed by atoms with Gasteiger partial charge in [-0.25, -0.2) is 0 Å². The molecule has 4 nitrogen and oxygen atoms in total. The van der Waals surface area contributed by atoms with Gasteiger partial charge < -0.3 is 10.3 Å². The second kappa shape index (κ2) is 3.91. The van der Waals surface area contributed by atoms with Crippen molar-refractivity contribution in [2.75, 3.05) is 5.06 Å². The van der Waals surface area contributed by atoms with Gasteiger partial charge in [0.1, 0.15) is 0 Å². The van der Waals surface area contributed by atoms with Crippen LogP contribution in [0.15, 0.2) is 12.4 Å². The number of hydrogen-bond acceptors (Lipinski definition) is 3. The van der Waals surface area contributed by atoms with Crippen LogP contribution in [0.1, 0.15) is 6.92 Å². The Kier molecular flexibility index (Phi) is 3.08. The molecule has 1 heterocycles. The van der Waals surface area contributed by atoms with Crippen LogP contribution >= 0.6 is 23.2 Å². The zero-order chi connectivity index (χ0) is 10.0. The van der Waals surface area contributed by atoms with Crippen molar-refractivity contribution < 1.29 is 4.79 Å². The second-order valence-corrected chi connectivity index (χ2v) is 3.08. The first-order chi connectivity index (χ1) is 6.04. The van der Waals surface area contributed by atoms with Gasteiger partial charge in [0.05, 0.1) is 15.7 Å². The van der Waals surface area contributed by atoms with Gasteiger partial charge in [0.25, 0.3) is 0 Å². The van der Waals surface area contributed by atoms with Gasteiger partial charge in [-0.2, -0.15) is 0 Å². The van der Waals surface area contributed by atoms with E-state index in [1.54, 1.807) is 0 Å². The van der Waals surface area contributed by atoms with E-state index in [1.165, 1.54) is 12.4 Å². The summed E-state index contributed by atoms with van der Waals surface area (Å²) in [7, 11) is 0. The number of hydrogen-bond donors (Lipinski definition) is 0. The minimum absolute atomic E-state index is 0.0534. The van der Waals surface area contributed by atoms with Crippen LogP contribution in [0.3, 0.4) is 0 Å². The summed E-state index contributed by atoms with van der Waals surface area (Å²) >= 11 is 11.3. The quantitative estimate of drug-likeness (QED) is 0.682. The Labute approximate surface area is 84.7 Å². The van der Waals surface area contributed by atoms with Crippen LogP contribution in [0, 0.1) is 5.21 Å². The first-order valence-electron chi connectivity index (χ1n) is 3.31. The monoisotopic (exact) mass is 219 g/mol. The van der Waals surface area contributed by atoms with Gasteiger partial charge in [0, 0.05) is 19.3 Å². The van der Waals surface area contributed by atoms with Gasteiger partial charge >= 0.3 is 0 Å². The average molecular weight is 220 g/mol. The molecule has 1 aromatic rings. The lowest BCUT2D eigenvalue weighted by molar-refractivity contribution is -0.116. The molecule has 0 N–H and O–H groups in total. The molecule has 0 fully saturated rings. The molecule has 0 aromatic carbocycles. The van der Waals surface area contributed by atoms with Crippen molar-refractivity contribution in [3.8, 4) is 0 Å². The van der Waals surface area contributed by atoms with E-state index in [0.717, 1.165) is 6.92 Å². The van der Waals surface area contributed by atoms with Crippen molar-refractivity contribution >= 4 is 34.8 Å². The molecule has 70 valence electrons. The normalized spacial score (nSPS) is 9.85. The molecule has 1 rings (SSSR count). The Balaban J connectivity index is 3.20. The second-order valence-electron chi connectivity index (χ2n) is 2.27. The van der Waals surface area contributed by atoms with E-state index in [9.17, 15) is 10.0 Å². The molecule has 0 aliphatic rings. The molecular formula is C7H5Cl2N2O2-. The summed E-state index contributed by atoms with van der Waals surface area (Å²) in [5, 5.41) is 11.4. The van der Waals surface area contributed by atoms with Gasteiger partial charge in [-0.15, -0.1) is 0 Å². The third-order valence-electron chi connectivity index (χ3n) is 1.32. The molecule has 0 atom stereocenters. The molecule has 0 saturated heterocycles. The third-order valence-corrected chi connectivity index (χ3v) is 1.87. The van der Waals surface area contributed by atoms with Crippen LogP contribution in [0.4, 0.5) is 5.69 Å². The van der Waals surface area contributed by atoms with Crippen LogP contribution in [0.2, 0.25) is 10.0 Å². The highest BCUT2D eigenvalue weighted by atomic mass is 35.5. The minimum Gasteiger partial charge on any atom is -0.752 e. The third kappa shape index (κ3) is 2.09. The van der Waals surface area contributed by atoms with Crippen molar-refractivity contribution in [3.63, 3.8) is 0 Å². The fraction of sp³-hybridized carbons (Fsp3) is 0.143. The van der Waals surface area contributed by atoms with Crippen LogP contribution in [0.25, 0.3) is 0 Å². The predicted molar refractivity (Wildman–Crippen MR) is 50.8 cm³/mol. The van der Waals surface area contributed by atoms with E-state index in [4.69, 9.17) is 23.2 Å².